The van der Waals surface area contributed by atoms with Crippen molar-refractivity contribution in [3.05, 3.63) is 36.8 Å². The van der Waals surface area contributed by atoms with Crippen molar-refractivity contribution in [3.8, 4) is 0 Å². The highest BCUT2D eigenvalue weighted by atomic mass is 16.1. The second-order valence-electron chi connectivity index (χ2n) is 3.20. The van der Waals surface area contributed by atoms with E-state index in [4.69, 9.17) is 0 Å². The first-order valence-corrected chi connectivity index (χ1v) is 5.02. The number of amides is 1. The van der Waals surface area contributed by atoms with Crippen LogP contribution in [-0.2, 0) is 4.79 Å². The zero-order valence-corrected chi connectivity index (χ0v) is 8.49. The topological polar surface area (TPSA) is 29.1 Å². The van der Waals surface area contributed by atoms with Gasteiger partial charge in [-0.15, -0.1) is 0 Å². The maximum atomic E-state index is 11.3. The number of rotatable bonds is 5. The van der Waals surface area contributed by atoms with E-state index in [0.717, 1.165) is 24.9 Å². The highest BCUT2D eigenvalue weighted by Gasteiger charge is 2.00. The van der Waals surface area contributed by atoms with Crippen LogP contribution in [0.4, 0.5) is 5.69 Å². The van der Waals surface area contributed by atoms with Crippen LogP contribution in [-0.4, -0.2) is 5.91 Å². The van der Waals surface area contributed by atoms with Crippen LogP contribution in [0.25, 0.3) is 0 Å². The summed E-state index contributed by atoms with van der Waals surface area (Å²) in [6, 6.07) is 9.50. The van der Waals surface area contributed by atoms with Crippen LogP contribution in [0.2, 0.25) is 0 Å². The van der Waals surface area contributed by atoms with E-state index in [1.165, 1.54) is 0 Å². The molecule has 0 fully saturated rings. The first-order chi connectivity index (χ1) is 6.83. The lowest BCUT2D eigenvalue weighted by atomic mass is 10.2. The molecule has 75 valence electrons. The highest BCUT2D eigenvalue weighted by molar-refractivity contribution is 5.96. The molecule has 1 aromatic carbocycles. The molecular formula is C12H16NO. The third-order valence-electron chi connectivity index (χ3n) is 1.93. The molecule has 0 aromatic heterocycles. The number of para-hydroxylation sites is 1. The third-order valence-corrected chi connectivity index (χ3v) is 1.93. The van der Waals surface area contributed by atoms with E-state index in [1.54, 1.807) is 6.42 Å². The average Bonchev–Trinajstić information content (AvgIpc) is 2.20. The van der Waals surface area contributed by atoms with Crippen LogP contribution >= 0.6 is 0 Å². The van der Waals surface area contributed by atoms with Crippen LogP contribution in [0.15, 0.2) is 30.3 Å². The molecule has 0 aliphatic heterocycles. The Morgan fingerprint density at radius 1 is 1.36 bits per heavy atom. The van der Waals surface area contributed by atoms with Crippen molar-refractivity contribution in [2.45, 2.75) is 26.2 Å². The van der Waals surface area contributed by atoms with E-state index in [1.807, 2.05) is 30.3 Å². The molecule has 0 spiro atoms. The van der Waals surface area contributed by atoms with Gasteiger partial charge in [0, 0.05) is 12.1 Å². The maximum absolute atomic E-state index is 11.3. The highest BCUT2D eigenvalue weighted by Crippen LogP contribution is 2.06. The molecule has 0 unspecified atom stereocenters. The fourth-order valence-electron chi connectivity index (χ4n) is 1.15. The molecule has 0 aliphatic rings. The standard InChI is InChI=1S/C12H16NO/c1-2-3-5-10-12(14)13-11-8-6-4-7-9-11/h4,6-10H,2-3,5H2,1H3,(H,13,14). The van der Waals surface area contributed by atoms with Gasteiger partial charge >= 0.3 is 0 Å². The Kier molecular flexibility index (Phi) is 4.76. The van der Waals surface area contributed by atoms with E-state index in [9.17, 15) is 4.79 Å². The Morgan fingerprint density at radius 3 is 2.71 bits per heavy atom. The normalized spacial score (nSPS) is 9.79. The Morgan fingerprint density at radius 2 is 2.07 bits per heavy atom. The smallest absolute Gasteiger partial charge is 0.228 e. The Bertz CT molecular complexity index is 269. The molecule has 2 heteroatoms. The van der Waals surface area contributed by atoms with Crippen molar-refractivity contribution in [2.24, 2.45) is 0 Å². The van der Waals surface area contributed by atoms with Crippen LogP contribution in [0.3, 0.4) is 0 Å². The van der Waals surface area contributed by atoms with Crippen molar-refractivity contribution in [3.63, 3.8) is 0 Å². The van der Waals surface area contributed by atoms with Crippen molar-refractivity contribution in [1.29, 1.82) is 0 Å². The number of hydrogen-bond donors (Lipinski definition) is 1. The number of carbonyl (C=O) groups excluding carboxylic acids is 1. The summed E-state index contributed by atoms with van der Waals surface area (Å²) < 4.78 is 0. The van der Waals surface area contributed by atoms with E-state index < -0.39 is 0 Å². The number of hydrogen-bond acceptors (Lipinski definition) is 1. The fourth-order valence-corrected chi connectivity index (χ4v) is 1.15. The summed E-state index contributed by atoms with van der Waals surface area (Å²) in [5, 5.41) is 2.81. The minimum absolute atomic E-state index is 0.00958. The van der Waals surface area contributed by atoms with Gasteiger partial charge in [0.2, 0.25) is 5.91 Å². The van der Waals surface area contributed by atoms with Gasteiger partial charge in [0.25, 0.3) is 0 Å². The molecule has 1 N–H and O–H groups in total. The summed E-state index contributed by atoms with van der Waals surface area (Å²) in [4.78, 5) is 11.3. The van der Waals surface area contributed by atoms with Gasteiger partial charge in [0.1, 0.15) is 0 Å². The summed E-state index contributed by atoms with van der Waals surface area (Å²) in [5.41, 5.74) is 0.852. The van der Waals surface area contributed by atoms with Gasteiger partial charge in [-0.25, -0.2) is 0 Å². The number of nitrogens with one attached hydrogen (secondary N) is 1. The lowest BCUT2D eigenvalue weighted by molar-refractivity contribution is -0.113. The van der Waals surface area contributed by atoms with Gasteiger partial charge in [-0.05, 0) is 18.6 Å². The van der Waals surface area contributed by atoms with Gasteiger partial charge in [0.15, 0.2) is 0 Å². The minimum Gasteiger partial charge on any atom is -0.326 e. The van der Waals surface area contributed by atoms with Crippen molar-refractivity contribution in [1.82, 2.24) is 0 Å². The molecule has 0 heterocycles. The van der Waals surface area contributed by atoms with Crippen molar-refractivity contribution >= 4 is 11.6 Å². The zero-order chi connectivity index (χ0) is 10.2. The number of benzene rings is 1. The molecule has 0 aliphatic carbocycles. The number of carbonyl (C=O) groups is 1. The molecule has 0 saturated carbocycles. The second-order valence-corrected chi connectivity index (χ2v) is 3.20. The van der Waals surface area contributed by atoms with Crippen molar-refractivity contribution < 1.29 is 4.79 Å². The summed E-state index contributed by atoms with van der Waals surface area (Å²) in [6.45, 7) is 2.11. The molecular weight excluding hydrogens is 174 g/mol. The summed E-state index contributed by atoms with van der Waals surface area (Å²) in [5.74, 6) is -0.00958. The second kappa shape index (κ2) is 6.19. The number of unbranched alkanes of at least 4 members (excludes halogenated alkanes) is 2. The van der Waals surface area contributed by atoms with E-state index in [2.05, 4.69) is 12.2 Å². The van der Waals surface area contributed by atoms with E-state index in [0.29, 0.717) is 0 Å². The van der Waals surface area contributed by atoms with Crippen LogP contribution in [0.5, 0.6) is 0 Å². The predicted molar refractivity (Wildman–Crippen MR) is 58.9 cm³/mol. The van der Waals surface area contributed by atoms with E-state index in [-0.39, 0.29) is 5.91 Å². The van der Waals surface area contributed by atoms with Gasteiger partial charge < -0.3 is 5.32 Å². The molecule has 0 atom stereocenters. The molecule has 1 rings (SSSR count). The largest absolute Gasteiger partial charge is 0.326 e. The average molecular weight is 190 g/mol. The molecule has 2 nitrogen and oxygen atoms in total. The van der Waals surface area contributed by atoms with Crippen LogP contribution < -0.4 is 5.32 Å². The molecule has 1 radical (unpaired) electrons. The summed E-state index contributed by atoms with van der Waals surface area (Å²) in [6.07, 6.45) is 4.75. The molecule has 14 heavy (non-hydrogen) atoms. The first kappa shape index (κ1) is 10.8. The van der Waals surface area contributed by atoms with Crippen LogP contribution in [0, 0.1) is 6.42 Å². The molecule has 1 aromatic rings. The van der Waals surface area contributed by atoms with Crippen molar-refractivity contribution in [2.75, 3.05) is 5.32 Å². The van der Waals surface area contributed by atoms with Gasteiger partial charge in [-0.3, -0.25) is 4.79 Å². The molecule has 1 amide bonds. The Labute approximate surface area is 85.3 Å². The summed E-state index contributed by atoms with van der Waals surface area (Å²) >= 11 is 0. The lowest BCUT2D eigenvalue weighted by Gasteiger charge is -2.03. The first-order valence-electron chi connectivity index (χ1n) is 5.02. The fraction of sp³-hybridized carbons (Fsp3) is 0.333. The lowest BCUT2D eigenvalue weighted by Crippen LogP contribution is -2.11. The van der Waals surface area contributed by atoms with Gasteiger partial charge in [-0.2, -0.15) is 0 Å². The summed E-state index contributed by atoms with van der Waals surface area (Å²) in [7, 11) is 0. The van der Waals surface area contributed by atoms with Crippen LogP contribution in [0.1, 0.15) is 26.2 Å². The number of anilines is 1. The zero-order valence-electron chi connectivity index (χ0n) is 8.49. The SMILES string of the molecule is CCCC[CH]C(=O)Nc1ccccc1. The maximum Gasteiger partial charge on any atom is 0.228 e. The van der Waals surface area contributed by atoms with Gasteiger partial charge in [0.05, 0.1) is 0 Å². The Hall–Kier alpha value is -1.31. The minimum atomic E-state index is -0.00958. The predicted octanol–water partition coefficient (Wildman–Crippen LogP) is 3.02. The van der Waals surface area contributed by atoms with E-state index >= 15 is 0 Å². The van der Waals surface area contributed by atoms with Gasteiger partial charge in [-0.1, -0.05) is 38.0 Å². The molecule has 0 bridgehead atoms. The Balaban J connectivity index is 2.27. The molecule has 0 saturated heterocycles. The third kappa shape index (κ3) is 4.08. The monoisotopic (exact) mass is 190 g/mol. The quantitative estimate of drug-likeness (QED) is 0.710.